The van der Waals surface area contributed by atoms with Gasteiger partial charge in [-0.25, -0.2) is 4.79 Å². The van der Waals surface area contributed by atoms with Crippen LogP contribution in [0.3, 0.4) is 0 Å². The number of ether oxygens (including phenoxy) is 1. The highest BCUT2D eigenvalue weighted by Crippen LogP contribution is 2.21. The minimum Gasteiger partial charge on any atom is -0.492 e. The van der Waals surface area contributed by atoms with Gasteiger partial charge in [0.05, 0.1) is 6.61 Å². The lowest BCUT2D eigenvalue weighted by Gasteiger charge is -2.08. The normalized spacial score (nSPS) is 10.1. The molecule has 0 unspecified atom stereocenters. The van der Waals surface area contributed by atoms with E-state index in [2.05, 4.69) is 5.92 Å². The molecule has 0 saturated carbocycles. The van der Waals surface area contributed by atoms with Gasteiger partial charge >= 0.3 is 5.97 Å². The Hall–Kier alpha value is -2.21. The van der Waals surface area contributed by atoms with Crippen LogP contribution in [-0.4, -0.2) is 17.7 Å². The third kappa shape index (κ3) is 4.43. The summed E-state index contributed by atoms with van der Waals surface area (Å²) in [6, 6.07) is 5.58. The highest BCUT2D eigenvalue weighted by molar-refractivity contribution is 5.85. The molecule has 0 radical (unpaired) electrons. The van der Waals surface area contributed by atoms with Crippen LogP contribution in [0.4, 0.5) is 0 Å². The molecule has 3 heteroatoms. The lowest BCUT2D eigenvalue weighted by molar-refractivity contribution is -0.131. The van der Waals surface area contributed by atoms with Crippen LogP contribution in [0.2, 0.25) is 0 Å². The van der Waals surface area contributed by atoms with E-state index in [1.807, 2.05) is 25.1 Å². The highest BCUT2D eigenvalue weighted by Gasteiger charge is 2.01. The Morgan fingerprint density at radius 1 is 1.59 bits per heavy atom. The number of hydrogen-bond acceptors (Lipinski definition) is 2. The average molecular weight is 230 g/mol. The summed E-state index contributed by atoms with van der Waals surface area (Å²) in [6.07, 6.45) is 8.26. The van der Waals surface area contributed by atoms with Crippen LogP contribution in [0.5, 0.6) is 5.75 Å². The molecule has 0 aliphatic rings. The minimum atomic E-state index is -0.985. The van der Waals surface area contributed by atoms with Gasteiger partial charge in [-0.1, -0.05) is 11.6 Å². The molecule has 88 valence electrons. The van der Waals surface area contributed by atoms with Crippen molar-refractivity contribution < 1.29 is 14.6 Å². The highest BCUT2D eigenvalue weighted by atomic mass is 16.5. The molecular weight excluding hydrogens is 216 g/mol. The zero-order valence-corrected chi connectivity index (χ0v) is 9.64. The summed E-state index contributed by atoms with van der Waals surface area (Å²) in [4.78, 5) is 10.5. The number of benzene rings is 1. The van der Waals surface area contributed by atoms with E-state index in [1.54, 1.807) is 0 Å². The second-order valence-corrected chi connectivity index (χ2v) is 3.52. The molecule has 1 aromatic rings. The van der Waals surface area contributed by atoms with E-state index < -0.39 is 5.97 Å². The molecule has 0 heterocycles. The molecule has 0 fully saturated rings. The molecule has 0 aliphatic carbocycles. The Balaban J connectivity index is 2.88. The van der Waals surface area contributed by atoms with Crippen molar-refractivity contribution in [1.82, 2.24) is 0 Å². The first-order chi connectivity index (χ1) is 8.13. The summed E-state index contributed by atoms with van der Waals surface area (Å²) in [5.74, 6) is 2.14. The SMILES string of the molecule is C#CCCOc1ccc(C)cc1C=CC(=O)O. The fourth-order valence-corrected chi connectivity index (χ4v) is 1.31. The first kappa shape index (κ1) is 12.9. The summed E-state index contributed by atoms with van der Waals surface area (Å²) < 4.78 is 5.48. The average Bonchev–Trinajstić information content (AvgIpc) is 2.29. The largest absolute Gasteiger partial charge is 0.492 e. The van der Waals surface area contributed by atoms with Crippen LogP contribution in [-0.2, 0) is 4.79 Å². The second-order valence-electron chi connectivity index (χ2n) is 3.52. The zero-order chi connectivity index (χ0) is 12.7. The first-order valence-electron chi connectivity index (χ1n) is 5.21. The van der Waals surface area contributed by atoms with Gasteiger partial charge in [-0.2, -0.15) is 0 Å². The predicted molar refractivity (Wildman–Crippen MR) is 66.8 cm³/mol. The van der Waals surface area contributed by atoms with Gasteiger partial charge in [0.25, 0.3) is 0 Å². The van der Waals surface area contributed by atoms with Crippen molar-refractivity contribution in [3.8, 4) is 18.1 Å². The van der Waals surface area contributed by atoms with E-state index in [-0.39, 0.29) is 0 Å². The zero-order valence-electron chi connectivity index (χ0n) is 9.64. The van der Waals surface area contributed by atoms with Gasteiger partial charge in [0, 0.05) is 18.1 Å². The van der Waals surface area contributed by atoms with E-state index >= 15 is 0 Å². The number of carbonyl (C=O) groups is 1. The van der Waals surface area contributed by atoms with Crippen LogP contribution in [0, 0.1) is 19.3 Å². The molecule has 0 atom stereocenters. The molecule has 0 aromatic heterocycles. The molecule has 0 bridgehead atoms. The smallest absolute Gasteiger partial charge is 0.328 e. The van der Waals surface area contributed by atoms with Crippen molar-refractivity contribution in [2.75, 3.05) is 6.61 Å². The van der Waals surface area contributed by atoms with Crippen LogP contribution in [0.1, 0.15) is 17.5 Å². The molecule has 17 heavy (non-hydrogen) atoms. The number of carboxylic acids is 1. The molecule has 3 nitrogen and oxygen atoms in total. The summed E-state index contributed by atoms with van der Waals surface area (Å²) in [5, 5.41) is 8.59. The van der Waals surface area contributed by atoms with Crippen LogP contribution in [0.25, 0.3) is 6.08 Å². The predicted octanol–water partition coefficient (Wildman–Crippen LogP) is 2.49. The monoisotopic (exact) mass is 230 g/mol. The lowest BCUT2D eigenvalue weighted by Crippen LogP contribution is -1.98. The van der Waals surface area contributed by atoms with Crippen molar-refractivity contribution in [2.24, 2.45) is 0 Å². The summed E-state index contributed by atoms with van der Waals surface area (Å²) in [7, 11) is 0. The van der Waals surface area contributed by atoms with Gasteiger partial charge < -0.3 is 9.84 Å². The molecule has 0 aliphatic heterocycles. The fourth-order valence-electron chi connectivity index (χ4n) is 1.31. The van der Waals surface area contributed by atoms with Crippen LogP contribution in [0.15, 0.2) is 24.3 Å². The maximum Gasteiger partial charge on any atom is 0.328 e. The van der Waals surface area contributed by atoms with Crippen molar-refractivity contribution >= 4 is 12.0 Å². The molecular formula is C14H14O3. The Bertz CT molecular complexity index is 467. The van der Waals surface area contributed by atoms with E-state index in [9.17, 15) is 4.79 Å². The molecule has 0 amide bonds. The van der Waals surface area contributed by atoms with E-state index in [4.69, 9.17) is 16.3 Å². The van der Waals surface area contributed by atoms with Gasteiger partial charge in [-0.05, 0) is 25.1 Å². The minimum absolute atomic E-state index is 0.424. The molecule has 0 spiro atoms. The van der Waals surface area contributed by atoms with E-state index in [0.29, 0.717) is 18.8 Å². The fraction of sp³-hybridized carbons (Fsp3) is 0.214. The molecule has 1 N–H and O–H groups in total. The third-order valence-electron chi connectivity index (χ3n) is 2.07. The lowest BCUT2D eigenvalue weighted by atomic mass is 10.1. The number of hydrogen-bond donors (Lipinski definition) is 1. The summed E-state index contributed by atoms with van der Waals surface area (Å²) >= 11 is 0. The number of aryl methyl sites for hydroxylation is 1. The van der Waals surface area contributed by atoms with E-state index in [0.717, 1.165) is 17.2 Å². The van der Waals surface area contributed by atoms with Gasteiger partial charge in [0.15, 0.2) is 0 Å². The van der Waals surface area contributed by atoms with Gasteiger partial charge in [-0.3, -0.25) is 0 Å². The topological polar surface area (TPSA) is 46.5 Å². The molecule has 1 aromatic carbocycles. The van der Waals surface area contributed by atoms with Gasteiger partial charge in [0.2, 0.25) is 0 Å². The van der Waals surface area contributed by atoms with Crippen molar-refractivity contribution in [3.05, 3.63) is 35.4 Å². The standard InChI is InChI=1S/C14H14O3/c1-3-4-9-17-13-7-5-11(2)10-12(13)6-8-14(15)16/h1,5-8,10H,4,9H2,2H3,(H,15,16). The van der Waals surface area contributed by atoms with E-state index in [1.165, 1.54) is 6.08 Å². The molecule has 0 saturated heterocycles. The number of terminal acetylenes is 1. The quantitative estimate of drug-likeness (QED) is 0.480. The Morgan fingerprint density at radius 2 is 2.35 bits per heavy atom. The summed E-state index contributed by atoms with van der Waals surface area (Å²) in [5.41, 5.74) is 1.78. The van der Waals surface area contributed by atoms with Crippen molar-refractivity contribution in [2.45, 2.75) is 13.3 Å². The van der Waals surface area contributed by atoms with Gasteiger partial charge in [0.1, 0.15) is 5.75 Å². The first-order valence-corrected chi connectivity index (χ1v) is 5.21. The Labute approximate surface area is 101 Å². The van der Waals surface area contributed by atoms with Crippen LogP contribution >= 0.6 is 0 Å². The third-order valence-corrected chi connectivity index (χ3v) is 2.07. The van der Waals surface area contributed by atoms with Crippen molar-refractivity contribution in [1.29, 1.82) is 0 Å². The number of rotatable bonds is 5. The second kappa shape index (κ2) is 6.39. The molecule has 1 rings (SSSR count). The van der Waals surface area contributed by atoms with Crippen LogP contribution < -0.4 is 4.74 Å². The number of carboxylic acid groups (broad SMARTS) is 1. The Morgan fingerprint density at radius 3 is 3.00 bits per heavy atom. The van der Waals surface area contributed by atoms with Gasteiger partial charge in [-0.15, -0.1) is 12.3 Å². The Kier molecular flexibility index (Phi) is 4.83. The maximum atomic E-state index is 10.5. The van der Waals surface area contributed by atoms with Crippen molar-refractivity contribution in [3.63, 3.8) is 0 Å². The summed E-state index contributed by atoms with van der Waals surface area (Å²) in [6.45, 7) is 2.36. The number of aliphatic carboxylic acids is 1. The maximum absolute atomic E-state index is 10.5.